The lowest BCUT2D eigenvalue weighted by Crippen LogP contribution is -2.43. The van der Waals surface area contributed by atoms with Gasteiger partial charge in [0.2, 0.25) is 11.7 Å². The first-order valence-electron chi connectivity index (χ1n) is 15.8. The van der Waals surface area contributed by atoms with E-state index in [1.165, 1.54) is 0 Å². The van der Waals surface area contributed by atoms with Gasteiger partial charge in [-0.15, -0.1) is 10.2 Å². The molecule has 1 aromatic carbocycles. The van der Waals surface area contributed by atoms with Crippen molar-refractivity contribution in [3.05, 3.63) is 42.2 Å². The molecule has 0 aliphatic carbocycles. The van der Waals surface area contributed by atoms with Crippen molar-refractivity contribution in [2.75, 3.05) is 54.9 Å². The number of benzene rings is 1. The number of nitrogen functional groups attached to an aromatic ring is 1. The number of nitrogens with two attached hydrogens (primary N) is 1. The number of aromatic nitrogens is 4. The minimum absolute atomic E-state index is 0.111. The number of hydrogen-bond donors (Lipinski definition) is 2. The summed E-state index contributed by atoms with van der Waals surface area (Å²) in [6.07, 6.45) is -0.964. The summed E-state index contributed by atoms with van der Waals surface area (Å²) in [4.78, 5) is 39.9. The Kier molecular flexibility index (Phi) is 11.1. The first-order chi connectivity index (χ1) is 22.6. The molecule has 4 rings (SSSR count). The van der Waals surface area contributed by atoms with Crippen molar-refractivity contribution in [3.63, 3.8) is 0 Å². The van der Waals surface area contributed by atoms with Crippen LogP contribution >= 0.6 is 0 Å². The summed E-state index contributed by atoms with van der Waals surface area (Å²) in [5.74, 6) is 7.24. The molecular weight excluding hydrogens is 616 g/mol. The normalized spacial score (nSPS) is 13.6. The Hall–Kier alpha value is -5.32. The Bertz CT molecular complexity index is 1650. The van der Waals surface area contributed by atoms with Crippen molar-refractivity contribution in [2.45, 2.75) is 66.1 Å². The quantitative estimate of drug-likeness (QED) is 0.344. The standard InChI is InChI=1S/C34H44N8O6/c1-8-46-29-22-28(36-27(37-29)15-11-18-42(31(44)47-33(2,3)4)32(45)48-34(5,6)7)41-17-12-16-40(19-20-41)25-21-24(38-39-30(25)35)23-13-9-10-14-26(23)43/h9-10,13-14,21-22,43H,8,12,16-20H2,1-7H3,(H2,35,39). The second-order valence-electron chi connectivity index (χ2n) is 13.0. The largest absolute Gasteiger partial charge is 0.507 e. The van der Waals surface area contributed by atoms with E-state index in [1.54, 1.807) is 65.8 Å². The van der Waals surface area contributed by atoms with Crippen LogP contribution in [0.15, 0.2) is 36.4 Å². The van der Waals surface area contributed by atoms with Gasteiger partial charge in [0.1, 0.15) is 22.8 Å². The Morgan fingerprint density at radius 1 is 0.938 bits per heavy atom. The van der Waals surface area contributed by atoms with E-state index < -0.39 is 23.4 Å². The number of carbonyl (C=O) groups excluding carboxylic acids is 2. The van der Waals surface area contributed by atoms with E-state index >= 15 is 0 Å². The molecule has 1 aliphatic rings. The van der Waals surface area contributed by atoms with Crippen molar-refractivity contribution in [3.8, 4) is 34.7 Å². The zero-order valence-corrected chi connectivity index (χ0v) is 28.6. The van der Waals surface area contributed by atoms with E-state index in [0.29, 0.717) is 61.6 Å². The highest BCUT2D eigenvalue weighted by Crippen LogP contribution is 2.32. The van der Waals surface area contributed by atoms with Crippen molar-refractivity contribution < 1.29 is 28.9 Å². The lowest BCUT2D eigenvalue weighted by Gasteiger charge is -2.27. The lowest BCUT2D eigenvalue weighted by molar-refractivity contribution is 0.00410. The second kappa shape index (κ2) is 15.1. The van der Waals surface area contributed by atoms with Crippen molar-refractivity contribution >= 4 is 29.5 Å². The molecule has 3 heterocycles. The summed E-state index contributed by atoms with van der Waals surface area (Å²) >= 11 is 0. The molecule has 0 saturated carbocycles. The number of rotatable bonds is 6. The average molecular weight is 661 g/mol. The van der Waals surface area contributed by atoms with Crippen LogP contribution in [-0.2, 0) is 9.47 Å². The van der Waals surface area contributed by atoms with Gasteiger partial charge in [0, 0.05) is 37.8 Å². The number of nitrogens with zero attached hydrogens (tertiary/aromatic N) is 7. The molecule has 48 heavy (non-hydrogen) atoms. The Morgan fingerprint density at radius 2 is 1.58 bits per heavy atom. The maximum Gasteiger partial charge on any atom is 0.420 e. The monoisotopic (exact) mass is 660 g/mol. The van der Waals surface area contributed by atoms with E-state index in [4.69, 9.17) is 19.9 Å². The van der Waals surface area contributed by atoms with Gasteiger partial charge in [0.05, 0.1) is 24.5 Å². The van der Waals surface area contributed by atoms with E-state index in [0.717, 1.165) is 17.0 Å². The molecule has 2 aromatic heterocycles. The van der Waals surface area contributed by atoms with Crippen molar-refractivity contribution in [1.29, 1.82) is 0 Å². The average Bonchev–Trinajstić information content (AvgIpc) is 3.25. The fourth-order valence-electron chi connectivity index (χ4n) is 4.74. The van der Waals surface area contributed by atoms with Gasteiger partial charge in [0.15, 0.2) is 5.82 Å². The van der Waals surface area contributed by atoms with Gasteiger partial charge in [-0.1, -0.05) is 18.1 Å². The van der Waals surface area contributed by atoms with Gasteiger partial charge < -0.3 is 34.9 Å². The van der Waals surface area contributed by atoms with Crippen LogP contribution in [0, 0.1) is 11.8 Å². The number of amides is 2. The summed E-state index contributed by atoms with van der Waals surface area (Å²) in [6, 6.07) is 10.6. The van der Waals surface area contributed by atoms with Gasteiger partial charge in [0.25, 0.3) is 0 Å². The molecule has 0 radical (unpaired) electrons. The molecule has 14 heteroatoms. The first-order valence-corrected chi connectivity index (χ1v) is 15.8. The van der Waals surface area contributed by atoms with Crippen LogP contribution < -0.4 is 20.3 Å². The predicted octanol–water partition coefficient (Wildman–Crippen LogP) is 4.86. The molecule has 1 aliphatic heterocycles. The Morgan fingerprint density at radius 3 is 2.23 bits per heavy atom. The zero-order chi connectivity index (χ0) is 35.1. The van der Waals surface area contributed by atoms with E-state index in [1.807, 2.05) is 19.1 Å². The predicted molar refractivity (Wildman–Crippen MR) is 182 cm³/mol. The third-order valence-electron chi connectivity index (χ3n) is 6.79. The fraction of sp³-hybridized carbons (Fsp3) is 0.471. The van der Waals surface area contributed by atoms with E-state index in [9.17, 15) is 14.7 Å². The number of carbonyl (C=O) groups is 2. The molecule has 14 nitrogen and oxygen atoms in total. The fourth-order valence-corrected chi connectivity index (χ4v) is 4.74. The van der Waals surface area contributed by atoms with Crippen LogP contribution in [0.3, 0.4) is 0 Å². The van der Waals surface area contributed by atoms with Gasteiger partial charge in [-0.3, -0.25) is 0 Å². The van der Waals surface area contributed by atoms with Crippen LogP contribution in [0.2, 0.25) is 0 Å². The molecule has 0 unspecified atom stereocenters. The zero-order valence-electron chi connectivity index (χ0n) is 28.6. The third-order valence-corrected chi connectivity index (χ3v) is 6.79. The summed E-state index contributed by atoms with van der Waals surface area (Å²) in [5.41, 5.74) is 6.43. The summed E-state index contributed by atoms with van der Waals surface area (Å²) < 4.78 is 16.6. The highest BCUT2D eigenvalue weighted by Gasteiger charge is 2.30. The summed E-state index contributed by atoms with van der Waals surface area (Å²) in [7, 11) is 0. The van der Waals surface area contributed by atoms with Crippen LogP contribution in [0.5, 0.6) is 11.6 Å². The molecule has 2 amide bonds. The van der Waals surface area contributed by atoms with Crippen molar-refractivity contribution in [1.82, 2.24) is 25.1 Å². The Labute approximate surface area is 281 Å². The molecule has 1 saturated heterocycles. The van der Waals surface area contributed by atoms with Crippen molar-refractivity contribution in [2.24, 2.45) is 0 Å². The maximum absolute atomic E-state index is 12.9. The summed E-state index contributed by atoms with van der Waals surface area (Å²) in [5, 5.41) is 18.7. The second-order valence-corrected chi connectivity index (χ2v) is 13.0. The number of para-hydroxylation sites is 1. The highest BCUT2D eigenvalue weighted by atomic mass is 16.6. The SMILES string of the molecule is CCOc1cc(N2CCCN(c3cc(-c4ccccc4O)nnc3N)CC2)nc(C#CCN(C(=O)OC(C)(C)C)C(=O)OC(C)(C)C)n1. The first kappa shape index (κ1) is 35.5. The minimum atomic E-state index is -0.873. The number of imide groups is 1. The highest BCUT2D eigenvalue weighted by molar-refractivity contribution is 5.88. The third kappa shape index (κ3) is 9.84. The number of anilines is 3. The smallest absolute Gasteiger partial charge is 0.420 e. The van der Waals surface area contributed by atoms with Gasteiger partial charge >= 0.3 is 12.2 Å². The molecule has 0 bridgehead atoms. The number of aromatic hydroxyl groups is 1. The summed E-state index contributed by atoms with van der Waals surface area (Å²) in [6.45, 7) is 14.7. The minimum Gasteiger partial charge on any atom is -0.507 e. The molecule has 0 spiro atoms. The number of phenolic OH excluding ortho intramolecular Hbond substituents is 1. The van der Waals surface area contributed by atoms with Gasteiger partial charge in [-0.25, -0.2) is 19.5 Å². The van der Waals surface area contributed by atoms with E-state index in [2.05, 4.69) is 41.8 Å². The number of ether oxygens (including phenoxy) is 3. The Balaban J connectivity index is 1.55. The number of hydrogen-bond acceptors (Lipinski definition) is 13. The molecule has 256 valence electrons. The van der Waals surface area contributed by atoms with Crippen LogP contribution in [0.1, 0.15) is 60.7 Å². The van der Waals surface area contributed by atoms with Crippen LogP contribution in [-0.4, -0.2) is 92.9 Å². The molecule has 0 atom stereocenters. The molecule has 3 N–H and O–H groups in total. The topological polar surface area (TPSA) is 169 Å². The maximum atomic E-state index is 12.9. The van der Waals surface area contributed by atoms with Crippen LogP contribution in [0.4, 0.5) is 26.9 Å². The van der Waals surface area contributed by atoms with Gasteiger partial charge in [-0.2, -0.15) is 4.98 Å². The molecule has 1 fully saturated rings. The number of phenols is 1. The lowest BCUT2D eigenvalue weighted by atomic mass is 10.1. The van der Waals surface area contributed by atoms with Crippen LogP contribution in [0.25, 0.3) is 11.3 Å². The molecule has 3 aromatic rings. The molecular formula is C34H44N8O6. The van der Waals surface area contributed by atoms with E-state index in [-0.39, 0.29) is 18.1 Å². The van der Waals surface area contributed by atoms with Gasteiger partial charge in [-0.05, 0) is 79.0 Å².